The van der Waals surface area contributed by atoms with E-state index in [1.165, 1.54) is 0 Å². The molecule has 0 saturated heterocycles. The molecule has 0 spiro atoms. The number of hydrogen-bond donors (Lipinski definition) is 1. The van der Waals surface area contributed by atoms with Gasteiger partial charge in [-0.25, -0.2) is 0 Å². The smallest absolute Gasteiger partial charge is 0.258 e. The van der Waals surface area contributed by atoms with Gasteiger partial charge in [0.05, 0.1) is 15.6 Å². The van der Waals surface area contributed by atoms with Gasteiger partial charge < -0.3 is 5.32 Å². The number of anilines is 1. The van der Waals surface area contributed by atoms with Crippen LogP contribution in [0.3, 0.4) is 0 Å². The summed E-state index contributed by atoms with van der Waals surface area (Å²) in [6.45, 7) is 6.15. The molecule has 2 aromatic carbocycles. The fraction of sp³-hybridized carbons (Fsp3) is 0.235. The second-order valence-electron chi connectivity index (χ2n) is 5.24. The largest absolute Gasteiger partial charge is 0.321 e. The molecule has 0 bridgehead atoms. The SMILES string of the molecule is Cc1cccc(C(C)C)c1NC(=O)c1c(Cl)cccc1Cl. The minimum Gasteiger partial charge on any atom is -0.321 e. The summed E-state index contributed by atoms with van der Waals surface area (Å²) in [6.07, 6.45) is 0. The molecule has 0 aliphatic heterocycles. The van der Waals surface area contributed by atoms with Gasteiger partial charge in [-0.3, -0.25) is 4.79 Å². The van der Waals surface area contributed by atoms with E-state index in [0.717, 1.165) is 16.8 Å². The van der Waals surface area contributed by atoms with Crippen LogP contribution < -0.4 is 5.32 Å². The van der Waals surface area contributed by atoms with Gasteiger partial charge in [0.25, 0.3) is 5.91 Å². The summed E-state index contributed by atoms with van der Waals surface area (Å²) in [5.41, 5.74) is 3.23. The van der Waals surface area contributed by atoms with Gasteiger partial charge in [-0.1, -0.05) is 61.3 Å². The van der Waals surface area contributed by atoms with Gasteiger partial charge in [-0.15, -0.1) is 0 Å². The second kappa shape index (κ2) is 6.50. The number of halogens is 2. The molecule has 1 N–H and O–H groups in total. The molecule has 0 heterocycles. The van der Waals surface area contributed by atoms with Crippen LogP contribution >= 0.6 is 23.2 Å². The maximum atomic E-state index is 12.5. The predicted octanol–water partition coefficient (Wildman–Crippen LogP) is 5.68. The van der Waals surface area contributed by atoms with Crippen molar-refractivity contribution >= 4 is 34.8 Å². The third-order valence-corrected chi connectivity index (χ3v) is 3.99. The van der Waals surface area contributed by atoms with E-state index in [9.17, 15) is 4.79 Å². The summed E-state index contributed by atoms with van der Waals surface area (Å²) in [4.78, 5) is 12.5. The van der Waals surface area contributed by atoms with Crippen LogP contribution in [0.15, 0.2) is 36.4 Å². The van der Waals surface area contributed by atoms with Crippen molar-refractivity contribution in [3.63, 3.8) is 0 Å². The molecule has 0 unspecified atom stereocenters. The summed E-state index contributed by atoms with van der Waals surface area (Å²) >= 11 is 12.2. The van der Waals surface area contributed by atoms with Gasteiger partial charge in [0.1, 0.15) is 0 Å². The fourth-order valence-corrected chi connectivity index (χ4v) is 2.80. The molecule has 1 amide bonds. The Labute approximate surface area is 135 Å². The predicted molar refractivity (Wildman–Crippen MR) is 89.7 cm³/mol. The molecule has 0 radical (unpaired) electrons. The van der Waals surface area contributed by atoms with Crippen LogP contribution in [0.25, 0.3) is 0 Å². The normalized spacial score (nSPS) is 10.8. The van der Waals surface area contributed by atoms with E-state index in [2.05, 4.69) is 19.2 Å². The average molecular weight is 322 g/mol. The Morgan fingerprint density at radius 1 is 1.05 bits per heavy atom. The van der Waals surface area contributed by atoms with Gasteiger partial charge in [0.2, 0.25) is 0 Å². The molecule has 2 nitrogen and oxygen atoms in total. The van der Waals surface area contributed by atoms with Crippen LogP contribution in [-0.4, -0.2) is 5.91 Å². The van der Waals surface area contributed by atoms with Gasteiger partial charge in [0, 0.05) is 5.69 Å². The van der Waals surface area contributed by atoms with Crippen molar-refractivity contribution in [1.29, 1.82) is 0 Å². The average Bonchev–Trinajstić information content (AvgIpc) is 2.40. The highest BCUT2D eigenvalue weighted by atomic mass is 35.5. The van der Waals surface area contributed by atoms with E-state index >= 15 is 0 Å². The summed E-state index contributed by atoms with van der Waals surface area (Å²) in [7, 11) is 0. The first kappa shape index (κ1) is 15.9. The number of amides is 1. The van der Waals surface area contributed by atoms with Crippen LogP contribution in [0.5, 0.6) is 0 Å². The molecule has 2 aromatic rings. The van der Waals surface area contributed by atoms with Crippen molar-refractivity contribution in [2.45, 2.75) is 26.7 Å². The highest BCUT2D eigenvalue weighted by Crippen LogP contribution is 2.30. The first-order valence-corrected chi connectivity index (χ1v) is 7.52. The Morgan fingerprint density at radius 3 is 2.19 bits per heavy atom. The van der Waals surface area contributed by atoms with E-state index in [1.54, 1.807) is 18.2 Å². The molecular formula is C17H17Cl2NO. The first-order chi connectivity index (χ1) is 9.91. The van der Waals surface area contributed by atoms with Gasteiger partial charge in [0.15, 0.2) is 0 Å². The Hall–Kier alpha value is -1.51. The Bertz CT molecular complexity index is 660. The number of rotatable bonds is 3. The monoisotopic (exact) mass is 321 g/mol. The number of aryl methyl sites for hydroxylation is 1. The van der Waals surface area contributed by atoms with Gasteiger partial charge >= 0.3 is 0 Å². The fourth-order valence-electron chi connectivity index (χ4n) is 2.23. The van der Waals surface area contributed by atoms with Crippen molar-refractivity contribution < 1.29 is 4.79 Å². The van der Waals surface area contributed by atoms with Crippen molar-refractivity contribution in [2.24, 2.45) is 0 Å². The standard InChI is InChI=1S/C17H17Cl2NO/c1-10(2)12-7-4-6-11(3)16(12)20-17(21)15-13(18)8-5-9-14(15)19/h4-10H,1-3H3,(H,20,21). The quantitative estimate of drug-likeness (QED) is 0.774. The van der Waals surface area contributed by atoms with Crippen LogP contribution in [0.4, 0.5) is 5.69 Å². The highest BCUT2D eigenvalue weighted by Gasteiger charge is 2.17. The van der Waals surface area contributed by atoms with E-state index in [0.29, 0.717) is 21.5 Å². The van der Waals surface area contributed by atoms with Gasteiger partial charge in [-0.05, 0) is 36.1 Å². The number of carbonyl (C=O) groups excluding carboxylic acids is 1. The minimum absolute atomic E-state index is 0.290. The Morgan fingerprint density at radius 2 is 1.62 bits per heavy atom. The lowest BCUT2D eigenvalue weighted by Crippen LogP contribution is -2.15. The molecule has 21 heavy (non-hydrogen) atoms. The lowest BCUT2D eigenvalue weighted by atomic mass is 9.98. The number of hydrogen-bond acceptors (Lipinski definition) is 1. The van der Waals surface area contributed by atoms with E-state index < -0.39 is 0 Å². The van der Waals surface area contributed by atoms with Crippen LogP contribution in [-0.2, 0) is 0 Å². The molecule has 0 atom stereocenters. The third-order valence-electron chi connectivity index (χ3n) is 3.36. The Balaban J connectivity index is 2.41. The zero-order chi connectivity index (χ0) is 15.6. The molecular weight excluding hydrogens is 305 g/mol. The van der Waals surface area contributed by atoms with E-state index in [4.69, 9.17) is 23.2 Å². The molecule has 110 valence electrons. The van der Waals surface area contributed by atoms with E-state index in [1.807, 2.05) is 25.1 Å². The maximum absolute atomic E-state index is 12.5. The molecule has 0 aliphatic rings. The molecule has 0 fully saturated rings. The number of nitrogens with one attached hydrogen (secondary N) is 1. The molecule has 0 saturated carbocycles. The number of para-hydroxylation sites is 1. The van der Waals surface area contributed by atoms with Crippen LogP contribution in [0, 0.1) is 6.92 Å². The van der Waals surface area contributed by atoms with Crippen LogP contribution in [0.1, 0.15) is 41.3 Å². The Kier molecular flexibility index (Phi) is 4.92. The molecule has 2 rings (SSSR count). The number of carbonyl (C=O) groups is 1. The van der Waals surface area contributed by atoms with Crippen molar-refractivity contribution in [3.8, 4) is 0 Å². The third kappa shape index (κ3) is 3.39. The minimum atomic E-state index is -0.290. The molecule has 4 heteroatoms. The zero-order valence-corrected chi connectivity index (χ0v) is 13.7. The highest BCUT2D eigenvalue weighted by molar-refractivity contribution is 6.40. The van der Waals surface area contributed by atoms with E-state index in [-0.39, 0.29) is 5.91 Å². The summed E-state index contributed by atoms with van der Waals surface area (Å²) in [5.74, 6) is 0.0173. The topological polar surface area (TPSA) is 29.1 Å². The zero-order valence-electron chi connectivity index (χ0n) is 12.2. The van der Waals surface area contributed by atoms with Gasteiger partial charge in [-0.2, -0.15) is 0 Å². The second-order valence-corrected chi connectivity index (χ2v) is 6.06. The summed E-state index contributed by atoms with van der Waals surface area (Å²) < 4.78 is 0. The molecule has 0 aliphatic carbocycles. The molecule has 0 aromatic heterocycles. The summed E-state index contributed by atoms with van der Waals surface area (Å²) in [6, 6.07) is 11.0. The number of benzene rings is 2. The van der Waals surface area contributed by atoms with Crippen LogP contribution in [0.2, 0.25) is 10.0 Å². The lowest BCUT2D eigenvalue weighted by Gasteiger charge is -2.17. The van der Waals surface area contributed by atoms with Crippen molar-refractivity contribution in [1.82, 2.24) is 0 Å². The van der Waals surface area contributed by atoms with Crippen molar-refractivity contribution in [2.75, 3.05) is 5.32 Å². The maximum Gasteiger partial charge on any atom is 0.258 e. The lowest BCUT2D eigenvalue weighted by molar-refractivity contribution is 0.102. The summed E-state index contributed by atoms with van der Waals surface area (Å²) in [5, 5.41) is 3.64. The first-order valence-electron chi connectivity index (χ1n) is 6.76. The van der Waals surface area contributed by atoms with Crippen molar-refractivity contribution in [3.05, 3.63) is 63.1 Å².